The lowest BCUT2D eigenvalue weighted by Gasteiger charge is -2.19. The molecule has 0 aromatic carbocycles. The Labute approximate surface area is 150 Å². The first-order valence-electron chi connectivity index (χ1n) is 8.95. The fourth-order valence-electron chi connectivity index (χ4n) is 3.82. The molecule has 2 aliphatic rings. The normalized spacial score (nSPS) is 19.4. The highest BCUT2D eigenvalue weighted by Gasteiger charge is 2.25. The molecular weight excluding hydrogens is 336 g/mol. The summed E-state index contributed by atoms with van der Waals surface area (Å²) in [4.78, 5) is 29.9. The van der Waals surface area contributed by atoms with Crippen molar-refractivity contribution in [1.29, 1.82) is 0 Å². The molecule has 4 rings (SSSR count). The first-order chi connectivity index (χ1) is 12.1. The Hall–Kier alpha value is -2.02. The van der Waals surface area contributed by atoms with E-state index in [1.807, 2.05) is 17.9 Å². The Morgan fingerprint density at radius 3 is 3.08 bits per heavy atom. The van der Waals surface area contributed by atoms with Gasteiger partial charge in [-0.25, -0.2) is 4.98 Å². The highest BCUT2D eigenvalue weighted by atomic mass is 32.1. The minimum Gasteiger partial charge on any atom is -0.302 e. The number of anilines is 1. The number of carbonyl (C=O) groups is 2. The average molecular weight is 358 g/mol. The molecule has 0 bridgehead atoms. The van der Waals surface area contributed by atoms with Crippen molar-refractivity contribution in [2.24, 2.45) is 13.0 Å². The van der Waals surface area contributed by atoms with E-state index in [2.05, 4.69) is 15.4 Å². The molecule has 0 saturated heterocycles. The van der Waals surface area contributed by atoms with Crippen LogP contribution in [0.3, 0.4) is 0 Å². The predicted octanol–water partition coefficient (Wildman–Crippen LogP) is 3.12. The molecule has 132 valence electrons. The van der Waals surface area contributed by atoms with Gasteiger partial charge in [-0.05, 0) is 32.1 Å². The zero-order valence-corrected chi connectivity index (χ0v) is 15.2. The van der Waals surface area contributed by atoms with E-state index in [9.17, 15) is 9.59 Å². The molecular formula is C18H22N4O2S. The summed E-state index contributed by atoms with van der Waals surface area (Å²) in [6.45, 7) is 0. The van der Waals surface area contributed by atoms with Crippen LogP contribution in [0.1, 0.15) is 49.1 Å². The number of fused-ring (bicyclic) bond motifs is 3. The van der Waals surface area contributed by atoms with Crippen LogP contribution in [0.15, 0.2) is 6.20 Å². The Bertz CT molecular complexity index is 823. The number of ketones is 1. The zero-order valence-electron chi connectivity index (χ0n) is 14.4. The third-order valence-electron chi connectivity index (χ3n) is 5.25. The maximum absolute atomic E-state index is 12.3. The summed E-state index contributed by atoms with van der Waals surface area (Å²) in [5.41, 5.74) is 3.23. The topological polar surface area (TPSA) is 76.9 Å². The number of Topliss-reactive ketones (excluding diaryl/α,β-unsaturated/α-hetero) is 1. The van der Waals surface area contributed by atoms with Crippen molar-refractivity contribution in [3.05, 3.63) is 16.8 Å². The number of aryl methyl sites for hydroxylation is 2. The molecule has 1 atom stereocenters. The standard InChI is InChI=1S/C18H22N4O2S/c1-22-13-7-8-15-17(12(13)10-19-22)21-18(25-15)20-16(24)9-6-11-4-2-3-5-14(11)23/h10-11H,2-9H2,1H3,(H,20,21,24)/t11-/m1/s1. The second-order valence-electron chi connectivity index (χ2n) is 6.92. The maximum atomic E-state index is 12.3. The molecule has 1 fully saturated rings. The third kappa shape index (κ3) is 3.25. The smallest absolute Gasteiger partial charge is 0.226 e. The van der Waals surface area contributed by atoms with Gasteiger partial charge in [-0.1, -0.05) is 6.42 Å². The van der Waals surface area contributed by atoms with Crippen molar-refractivity contribution in [3.63, 3.8) is 0 Å². The lowest BCUT2D eigenvalue weighted by Crippen LogP contribution is -2.21. The lowest BCUT2D eigenvalue weighted by molar-refractivity contribution is -0.125. The van der Waals surface area contributed by atoms with Gasteiger partial charge in [0.2, 0.25) is 5.91 Å². The van der Waals surface area contributed by atoms with Crippen molar-refractivity contribution in [2.75, 3.05) is 5.32 Å². The highest BCUT2D eigenvalue weighted by Crippen LogP contribution is 2.37. The van der Waals surface area contributed by atoms with Gasteiger partial charge < -0.3 is 5.32 Å². The zero-order chi connectivity index (χ0) is 17.4. The summed E-state index contributed by atoms with van der Waals surface area (Å²) in [6, 6.07) is 0. The van der Waals surface area contributed by atoms with Gasteiger partial charge in [0.05, 0.1) is 11.9 Å². The van der Waals surface area contributed by atoms with Crippen LogP contribution in [0.2, 0.25) is 0 Å². The van der Waals surface area contributed by atoms with E-state index in [-0.39, 0.29) is 11.8 Å². The van der Waals surface area contributed by atoms with Crippen LogP contribution in [-0.4, -0.2) is 26.5 Å². The maximum Gasteiger partial charge on any atom is 0.226 e. The van der Waals surface area contributed by atoms with Gasteiger partial charge in [0, 0.05) is 41.9 Å². The first kappa shape index (κ1) is 16.4. The number of amides is 1. The first-order valence-corrected chi connectivity index (χ1v) is 9.77. The number of aromatic nitrogens is 3. The quantitative estimate of drug-likeness (QED) is 0.911. The van der Waals surface area contributed by atoms with E-state index < -0.39 is 0 Å². The number of nitrogens with one attached hydrogen (secondary N) is 1. The van der Waals surface area contributed by atoms with Crippen LogP contribution in [0.4, 0.5) is 5.13 Å². The largest absolute Gasteiger partial charge is 0.302 e. The molecule has 1 amide bonds. The number of carbonyl (C=O) groups excluding carboxylic acids is 2. The second-order valence-corrected chi connectivity index (χ2v) is 8.00. The minimum atomic E-state index is -0.0455. The van der Waals surface area contributed by atoms with Crippen LogP contribution in [-0.2, 0) is 29.5 Å². The summed E-state index contributed by atoms with van der Waals surface area (Å²) in [5.74, 6) is 0.353. The van der Waals surface area contributed by atoms with Gasteiger partial charge in [0.25, 0.3) is 0 Å². The number of hydrogen-bond acceptors (Lipinski definition) is 5. The molecule has 7 heteroatoms. The van der Waals surface area contributed by atoms with Gasteiger partial charge >= 0.3 is 0 Å². The van der Waals surface area contributed by atoms with Gasteiger partial charge in [-0.15, -0.1) is 11.3 Å². The highest BCUT2D eigenvalue weighted by molar-refractivity contribution is 7.16. The van der Waals surface area contributed by atoms with Crippen LogP contribution >= 0.6 is 11.3 Å². The van der Waals surface area contributed by atoms with Gasteiger partial charge in [0.15, 0.2) is 5.13 Å². The van der Waals surface area contributed by atoms with Crippen LogP contribution in [0, 0.1) is 5.92 Å². The summed E-state index contributed by atoms with van der Waals surface area (Å²) >= 11 is 1.55. The Morgan fingerprint density at radius 1 is 1.36 bits per heavy atom. The fourth-order valence-corrected chi connectivity index (χ4v) is 4.81. The molecule has 1 N–H and O–H groups in total. The van der Waals surface area contributed by atoms with Crippen molar-refractivity contribution >= 4 is 28.2 Å². The van der Waals surface area contributed by atoms with Gasteiger partial charge in [0.1, 0.15) is 5.78 Å². The number of rotatable bonds is 4. The molecule has 0 spiro atoms. The lowest BCUT2D eigenvalue weighted by atomic mass is 9.85. The molecule has 0 aliphatic heterocycles. The van der Waals surface area contributed by atoms with Crippen LogP contribution in [0.5, 0.6) is 0 Å². The van der Waals surface area contributed by atoms with Gasteiger partial charge in [-0.2, -0.15) is 5.10 Å². The van der Waals surface area contributed by atoms with Crippen molar-refractivity contribution in [1.82, 2.24) is 14.8 Å². The van der Waals surface area contributed by atoms with E-state index in [0.29, 0.717) is 30.2 Å². The molecule has 25 heavy (non-hydrogen) atoms. The minimum absolute atomic E-state index is 0.0455. The fraction of sp³-hybridized carbons (Fsp3) is 0.556. The second kappa shape index (κ2) is 6.71. The average Bonchev–Trinajstić information content (AvgIpc) is 3.17. The molecule has 2 aliphatic carbocycles. The van der Waals surface area contributed by atoms with Crippen LogP contribution < -0.4 is 5.32 Å². The molecule has 2 heterocycles. The molecule has 0 unspecified atom stereocenters. The molecule has 2 aromatic heterocycles. The molecule has 2 aromatic rings. The van der Waals surface area contributed by atoms with E-state index in [0.717, 1.165) is 43.4 Å². The molecule has 1 saturated carbocycles. The van der Waals surface area contributed by atoms with Crippen molar-refractivity contribution in [3.8, 4) is 11.3 Å². The summed E-state index contributed by atoms with van der Waals surface area (Å²) in [6.07, 6.45) is 8.51. The van der Waals surface area contributed by atoms with Gasteiger partial charge in [-0.3, -0.25) is 14.3 Å². The number of nitrogens with zero attached hydrogens (tertiary/aromatic N) is 3. The third-order valence-corrected chi connectivity index (χ3v) is 6.28. The van der Waals surface area contributed by atoms with E-state index in [1.54, 1.807) is 11.3 Å². The van der Waals surface area contributed by atoms with Crippen molar-refractivity contribution < 1.29 is 9.59 Å². The predicted molar refractivity (Wildman–Crippen MR) is 96.6 cm³/mol. The Morgan fingerprint density at radius 2 is 2.24 bits per heavy atom. The summed E-state index contributed by atoms with van der Waals surface area (Å²) in [7, 11) is 1.95. The van der Waals surface area contributed by atoms with E-state index in [1.165, 1.54) is 10.6 Å². The number of thiazole rings is 1. The Kier molecular flexibility index (Phi) is 4.41. The summed E-state index contributed by atoms with van der Waals surface area (Å²) < 4.78 is 1.90. The van der Waals surface area contributed by atoms with Crippen LogP contribution in [0.25, 0.3) is 11.3 Å². The Balaban J connectivity index is 1.40. The van der Waals surface area contributed by atoms with E-state index >= 15 is 0 Å². The summed E-state index contributed by atoms with van der Waals surface area (Å²) in [5, 5.41) is 7.89. The monoisotopic (exact) mass is 358 g/mol. The molecule has 6 nitrogen and oxygen atoms in total. The molecule has 0 radical (unpaired) electrons. The SMILES string of the molecule is Cn1ncc2c1CCc1sc(NC(=O)CC[C@H]3CCCCC3=O)nc1-2. The number of hydrogen-bond donors (Lipinski definition) is 1. The van der Waals surface area contributed by atoms with Crippen molar-refractivity contribution in [2.45, 2.75) is 51.4 Å². The van der Waals surface area contributed by atoms with E-state index in [4.69, 9.17) is 0 Å².